The molecule has 1 N–H and O–H groups in total. The van der Waals surface area contributed by atoms with Crippen molar-refractivity contribution < 1.29 is 0 Å². The van der Waals surface area contributed by atoms with Crippen LogP contribution in [0.15, 0.2) is 18.3 Å². The molecule has 0 aliphatic rings. The molecule has 0 fully saturated rings. The van der Waals surface area contributed by atoms with E-state index in [9.17, 15) is 0 Å². The van der Waals surface area contributed by atoms with Crippen LogP contribution in [-0.2, 0) is 11.8 Å². The Hall–Kier alpha value is -1.31. The normalized spacial score (nSPS) is 12.3. The number of nitrogens with zero attached hydrogens (tertiary/aromatic N) is 1. The predicted octanol–water partition coefficient (Wildman–Crippen LogP) is 3.42. The van der Waals surface area contributed by atoms with Gasteiger partial charge in [-0.1, -0.05) is 27.7 Å². The molecule has 15 heavy (non-hydrogen) atoms. The van der Waals surface area contributed by atoms with E-state index in [1.165, 1.54) is 16.6 Å². The minimum absolute atomic E-state index is 0.170. The van der Waals surface area contributed by atoms with E-state index >= 15 is 0 Å². The first-order valence-electron chi connectivity index (χ1n) is 5.50. The highest BCUT2D eigenvalue weighted by atomic mass is 14.9. The molecule has 0 aromatic carbocycles. The Morgan fingerprint density at radius 2 is 2.07 bits per heavy atom. The number of pyridine rings is 1. The van der Waals surface area contributed by atoms with E-state index in [2.05, 4.69) is 49.8 Å². The Balaban J connectivity index is 2.70. The number of aryl methyl sites for hydroxylation is 1. The number of hydrogen-bond donors (Lipinski definition) is 1. The van der Waals surface area contributed by atoms with Gasteiger partial charge < -0.3 is 4.98 Å². The van der Waals surface area contributed by atoms with Crippen LogP contribution in [0.5, 0.6) is 0 Å². The summed E-state index contributed by atoms with van der Waals surface area (Å²) in [5, 5.41) is 1.21. The van der Waals surface area contributed by atoms with Gasteiger partial charge in [0.05, 0.1) is 0 Å². The first-order chi connectivity index (χ1) is 7.02. The number of rotatable bonds is 1. The molecular weight excluding hydrogens is 184 g/mol. The van der Waals surface area contributed by atoms with Gasteiger partial charge in [-0.3, -0.25) is 0 Å². The van der Waals surface area contributed by atoms with Gasteiger partial charge in [-0.05, 0) is 29.5 Å². The monoisotopic (exact) mass is 202 g/mol. The average molecular weight is 202 g/mol. The van der Waals surface area contributed by atoms with E-state index in [0.717, 1.165) is 12.1 Å². The van der Waals surface area contributed by atoms with E-state index < -0.39 is 0 Å². The topological polar surface area (TPSA) is 28.7 Å². The maximum Gasteiger partial charge on any atom is 0.137 e. The molecule has 0 atom stereocenters. The molecule has 0 saturated carbocycles. The van der Waals surface area contributed by atoms with Gasteiger partial charge in [0, 0.05) is 17.3 Å². The van der Waals surface area contributed by atoms with Crippen molar-refractivity contribution in [2.45, 2.75) is 39.5 Å². The van der Waals surface area contributed by atoms with Crippen LogP contribution in [-0.4, -0.2) is 9.97 Å². The zero-order chi connectivity index (χ0) is 11.1. The fraction of sp³-hybridized carbons (Fsp3) is 0.462. The molecule has 0 amide bonds. The van der Waals surface area contributed by atoms with Gasteiger partial charge in [0.25, 0.3) is 0 Å². The molecule has 2 aromatic rings. The number of fused-ring (bicyclic) bond motifs is 1. The van der Waals surface area contributed by atoms with Crippen LogP contribution in [0.2, 0.25) is 0 Å². The minimum atomic E-state index is 0.170. The van der Waals surface area contributed by atoms with Crippen molar-refractivity contribution in [1.82, 2.24) is 9.97 Å². The average Bonchev–Trinajstić information content (AvgIpc) is 2.60. The molecule has 2 heterocycles. The van der Waals surface area contributed by atoms with Crippen molar-refractivity contribution in [3.8, 4) is 0 Å². The highest BCUT2D eigenvalue weighted by molar-refractivity contribution is 5.76. The lowest BCUT2D eigenvalue weighted by Crippen LogP contribution is -2.15. The summed E-state index contributed by atoms with van der Waals surface area (Å²) >= 11 is 0. The molecule has 2 nitrogen and oxygen atoms in total. The third-order valence-corrected chi connectivity index (χ3v) is 2.76. The van der Waals surface area contributed by atoms with E-state index in [1.54, 1.807) is 0 Å². The van der Waals surface area contributed by atoms with Crippen molar-refractivity contribution >= 4 is 11.0 Å². The summed E-state index contributed by atoms with van der Waals surface area (Å²) in [7, 11) is 0. The molecule has 0 radical (unpaired) electrons. The van der Waals surface area contributed by atoms with Gasteiger partial charge in [0.15, 0.2) is 0 Å². The molecule has 2 rings (SSSR count). The molecule has 80 valence electrons. The number of aromatic amines is 1. The van der Waals surface area contributed by atoms with Crippen molar-refractivity contribution in [3.05, 3.63) is 29.6 Å². The fourth-order valence-electron chi connectivity index (χ4n) is 1.94. The van der Waals surface area contributed by atoms with Crippen molar-refractivity contribution in [3.63, 3.8) is 0 Å². The summed E-state index contributed by atoms with van der Waals surface area (Å²) in [6, 6.07) is 4.34. The molecule has 0 unspecified atom stereocenters. The summed E-state index contributed by atoms with van der Waals surface area (Å²) in [6.45, 7) is 8.87. The quantitative estimate of drug-likeness (QED) is 0.754. The molecular formula is C13H18N2. The first-order valence-corrected chi connectivity index (χ1v) is 5.50. The van der Waals surface area contributed by atoms with Crippen LogP contribution in [0.4, 0.5) is 0 Å². The minimum Gasteiger partial charge on any atom is -0.346 e. The van der Waals surface area contributed by atoms with Gasteiger partial charge in [-0.25, -0.2) is 4.98 Å². The predicted molar refractivity (Wildman–Crippen MR) is 64.2 cm³/mol. The SMILES string of the molecule is CCc1nc2[nH]ccc2cc1C(C)(C)C. The van der Waals surface area contributed by atoms with E-state index in [1.807, 2.05) is 6.20 Å². The lowest BCUT2D eigenvalue weighted by atomic mass is 9.85. The Kier molecular flexibility index (Phi) is 2.29. The van der Waals surface area contributed by atoms with Crippen molar-refractivity contribution in [2.75, 3.05) is 0 Å². The van der Waals surface area contributed by atoms with Crippen LogP contribution >= 0.6 is 0 Å². The van der Waals surface area contributed by atoms with Crippen LogP contribution < -0.4 is 0 Å². The zero-order valence-corrected chi connectivity index (χ0v) is 9.89. The van der Waals surface area contributed by atoms with Crippen LogP contribution in [0.3, 0.4) is 0 Å². The number of hydrogen-bond acceptors (Lipinski definition) is 1. The van der Waals surface area contributed by atoms with E-state index in [4.69, 9.17) is 0 Å². The summed E-state index contributed by atoms with van der Waals surface area (Å²) in [5.41, 5.74) is 3.73. The maximum absolute atomic E-state index is 4.66. The van der Waals surface area contributed by atoms with Gasteiger partial charge in [-0.2, -0.15) is 0 Å². The third-order valence-electron chi connectivity index (χ3n) is 2.76. The van der Waals surface area contributed by atoms with E-state index in [0.29, 0.717) is 0 Å². The van der Waals surface area contributed by atoms with Gasteiger partial charge in [-0.15, -0.1) is 0 Å². The van der Waals surface area contributed by atoms with Gasteiger partial charge in [0.1, 0.15) is 5.65 Å². The molecule has 0 aliphatic heterocycles. The fourth-order valence-corrected chi connectivity index (χ4v) is 1.94. The van der Waals surface area contributed by atoms with Crippen molar-refractivity contribution in [1.29, 1.82) is 0 Å². The molecule has 0 spiro atoms. The maximum atomic E-state index is 4.66. The third kappa shape index (κ3) is 1.76. The lowest BCUT2D eigenvalue weighted by Gasteiger charge is -2.21. The smallest absolute Gasteiger partial charge is 0.137 e. The van der Waals surface area contributed by atoms with Gasteiger partial charge in [0.2, 0.25) is 0 Å². The molecule has 2 heteroatoms. The summed E-state index contributed by atoms with van der Waals surface area (Å²) in [5.74, 6) is 0. The molecule has 0 aliphatic carbocycles. The standard InChI is InChI=1S/C13H18N2/c1-5-11-10(13(2,3)4)8-9-6-7-14-12(9)15-11/h6-8H,5H2,1-4H3,(H,14,15). The van der Waals surface area contributed by atoms with E-state index in [-0.39, 0.29) is 5.41 Å². The largest absolute Gasteiger partial charge is 0.346 e. The molecule has 2 aromatic heterocycles. The summed E-state index contributed by atoms with van der Waals surface area (Å²) < 4.78 is 0. The highest BCUT2D eigenvalue weighted by Crippen LogP contribution is 2.27. The Morgan fingerprint density at radius 1 is 1.33 bits per heavy atom. The number of H-pyrrole nitrogens is 1. The zero-order valence-electron chi connectivity index (χ0n) is 9.89. The summed E-state index contributed by atoms with van der Waals surface area (Å²) in [4.78, 5) is 7.83. The number of aromatic nitrogens is 2. The Labute approximate surface area is 90.7 Å². The van der Waals surface area contributed by atoms with Gasteiger partial charge >= 0.3 is 0 Å². The summed E-state index contributed by atoms with van der Waals surface area (Å²) in [6.07, 6.45) is 2.94. The lowest BCUT2D eigenvalue weighted by molar-refractivity contribution is 0.580. The van der Waals surface area contributed by atoms with Crippen LogP contribution in [0.1, 0.15) is 39.0 Å². The highest BCUT2D eigenvalue weighted by Gasteiger charge is 2.19. The molecule has 0 bridgehead atoms. The number of nitrogens with one attached hydrogen (secondary N) is 1. The Bertz CT molecular complexity index is 475. The van der Waals surface area contributed by atoms with Crippen LogP contribution in [0.25, 0.3) is 11.0 Å². The van der Waals surface area contributed by atoms with Crippen molar-refractivity contribution in [2.24, 2.45) is 0 Å². The second-order valence-corrected chi connectivity index (χ2v) is 5.00. The second kappa shape index (κ2) is 3.37. The van der Waals surface area contributed by atoms with Crippen LogP contribution in [0, 0.1) is 0 Å². The first kappa shape index (κ1) is 10.2. The second-order valence-electron chi connectivity index (χ2n) is 5.00. The Morgan fingerprint density at radius 3 is 2.67 bits per heavy atom. The molecule has 0 saturated heterocycles.